The third-order valence-electron chi connectivity index (χ3n) is 4.37. The summed E-state index contributed by atoms with van der Waals surface area (Å²) in [6.45, 7) is 1.73. The van der Waals surface area contributed by atoms with Crippen molar-refractivity contribution in [1.82, 2.24) is 19.9 Å². The minimum Gasteiger partial charge on any atom is -0.355 e. The number of fused-ring (bicyclic) bond motifs is 2. The minimum absolute atomic E-state index is 0.765. The molecule has 0 atom stereocenters. The summed E-state index contributed by atoms with van der Waals surface area (Å²) in [7, 11) is 1.83. The van der Waals surface area contributed by atoms with Crippen molar-refractivity contribution in [3.8, 4) is 0 Å². The van der Waals surface area contributed by atoms with Gasteiger partial charge >= 0.3 is 0 Å². The topological polar surface area (TPSA) is 57.8 Å². The number of nitrogens with one attached hydrogen (secondary N) is 1. The molecule has 6 nitrogen and oxygen atoms in total. The summed E-state index contributed by atoms with van der Waals surface area (Å²) in [5.41, 5.74) is 3.51. The molecule has 0 fully saturated rings. The average Bonchev–Trinajstić information content (AvgIpc) is 3.23. The second-order valence-corrected chi connectivity index (χ2v) is 5.80. The lowest BCUT2D eigenvalue weighted by Crippen LogP contribution is -2.41. The van der Waals surface area contributed by atoms with E-state index in [1.807, 2.05) is 35.8 Å². The Morgan fingerprint density at radius 2 is 2.04 bits per heavy atom. The van der Waals surface area contributed by atoms with E-state index in [9.17, 15) is 0 Å². The molecule has 3 heterocycles. The van der Waals surface area contributed by atoms with Gasteiger partial charge < -0.3 is 10.2 Å². The molecular weight excluding hydrogens is 300 g/mol. The zero-order valence-corrected chi connectivity index (χ0v) is 13.7. The number of pyridine rings is 1. The van der Waals surface area contributed by atoms with Crippen LogP contribution in [0.3, 0.4) is 0 Å². The summed E-state index contributed by atoms with van der Waals surface area (Å²) in [5.74, 6) is 1.86. The van der Waals surface area contributed by atoms with Crippen LogP contribution in [0.2, 0.25) is 0 Å². The van der Waals surface area contributed by atoms with Crippen LogP contribution in [0.25, 0.3) is 5.65 Å². The van der Waals surface area contributed by atoms with E-state index in [1.165, 1.54) is 11.3 Å². The van der Waals surface area contributed by atoms with Crippen LogP contribution in [-0.2, 0) is 12.8 Å². The van der Waals surface area contributed by atoms with E-state index in [4.69, 9.17) is 0 Å². The molecule has 0 unspecified atom stereocenters. The van der Waals surface area contributed by atoms with Crippen LogP contribution in [0.4, 0.5) is 5.69 Å². The second kappa shape index (κ2) is 6.31. The van der Waals surface area contributed by atoms with Gasteiger partial charge in [-0.15, -0.1) is 10.2 Å². The Morgan fingerprint density at radius 1 is 1.17 bits per heavy atom. The minimum atomic E-state index is 0.765. The first-order valence-electron chi connectivity index (χ1n) is 8.21. The molecule has 3 aromatic rings. The highest BCUT2D eigenvalue weighted by molar-refractivity contribution is 5.97. The number of anilines is 1. The normalized spacial score (nSPS) is 14.2. The molecule has 0 amide bonds. The van der Waals surface area contributed by atoms with E-state index in [2.05, 4.69) is 49.7 Å². The summed E-state index contributed by atoms with van der Waals surface area (Å²) in [6, 6.07) is 14.4. The quantitative estimate of drug-likeness (QED) is 0.592. The van der Waals surface area contributed by atoms with Crippen molar-refractivity contribution < 1.29 is 0 Å². The number of hydrogen-bond acceptors (Lipinski definition) is 3. The molecule has 0 aliphatic carbocycles. The molecule has 0 radical (unpaired) electrons. The second-order valence-electron chi connectivity index (χ2n) is 5.80. The number of para-hydroxylation sites is 1. The van der Waals surface area contributed by atoms with E-state index in [1.54, 1.807) is 0 Å². The van der Waals surface area contributed by atoms with Gasteiger partial charge in [-0.05, 0) is 30.2 Å². The lowest BCUT2D eigenvalue weighted by Gasteiger charge is -2.22. The fourth-order valence-electron chi connectivity index (χ4n) is 3.20. The van der Waals surface area contributed by atoms with E-state index >= 15 is 0 Å². The SMILES string of the molecule is CN=C(NCCc1nnc2ccccn12)N1CCc2ccccc21. The molecule has 0 saturated carbocycles. The van der Waals surface area contributed by atoms with Crippen LogP contribution >= 0.6 is 0 Å². The fraction of sp³-hybridized carbons (Fsp3) is 0.278. The summed E-state index contributed by atoms with van der Waals surface area (Å²) in [5, 5.41) is 11.9. The van der Waals surface area contributed by atoms with Crippen molar-refractivity contribution in [1.29, 1.82) is 0 Å². The molecule has 1 aliphatic heterocycles. The molecule has 0 bridgehead atoms. The molecule has 0 saturated heterocycles. The smallest absolute Gasteiger partial charge is 0.198 e. The lowest BCUT2D eigenvalue weighted by atomic mass is 10.2. The van der Waals surface area contributed by atoms with Crippen molar-refractivity contribution in [2.45, 2.75) is 12.8 Å². The van der Waals surface area contributed by atoms with Gasteiger partial charge in [0.05, 0.1) is 0 Å². The number of nitrogens with zero attached hydrogens (tertiary/aromatic N) is 5. The van der Waals surface area contributed by atoms with Gasteiger partial charge in [0.15, 0.2) is 11.6 Å². The van der Waals surface area contributed by atoms with Crippen molar-refractivity contribution in [3.05, 3.63) is 60.0 Å². The van der Waals surface area contributed by atoms with Crippen molar-refractivity contribution in [2.24, 2.45) is 4.99 Å². The van der Waals surface area contributed by atoms with Crippen LogP contribution in [0, 0.1) is 0 Å². The third-order valence-corrected chi connectivity index (χ3v) is 4.37. The predicted octanol–water partition coefficient (Wildman–Crippen LogP) is 1.91. The highest BCUT2D eigenvalue weighted by atomic mass is 15.3. The Balaban J connectivity index is 1.43. The number of benzene rings is 1. The van der Waals surface area contributed by atoms with Gasteiger partial charge in [0.1, 0.15) is 5.82 Å². The standard InChI is InChI=1S/C18H20N6/c1-19-18(23-13-10-14-6-2-3-7-15(14)23)20-11-9-17-22-21-16-8-4-5-12-24(16)17/h2-8,12H,9-11,13H2,1H3,(H,19,20). The van der Waals surface area contributed by atoms with E-state index in [-0.39, 0.29) is 0 Å². The maximum atomic E-state index is 4.44. The van der Waals surface area contributed by atoms with Crippen LogP contribution in [0.15, 0.2) is 53.7 Å². The van der Waals surface area contributed by atoms with Crippen molar-refractivity contribution in [3.63, 3.8) is 0 Å². The van der Waals surface area contributed by atoms with Crippen LogP contribution in [-0.4, -0.2) is 40.7 Å². The number of rotatable bonds is 3. The Hall–Kier alpha value is -2.89. The molecule has 1 N–H and O–H groups in total. The van der Waals surface area contributed by atoms with E-state index in [0.717, 1.165) is 43.4 Å². The molecule has 0 spiro atoms. The predicted molar refractivity (Wildman–Crippen MR) is 95.5 cm³/mol. The third kappa shape index (κ3) is 2.60. The van der Waals surface area contributed by atoms with E-state index < -0.39 is 0 Å². The average molecular weight is 320 g/mol. The summed E-state index contributed by atoms with van der Waals surface area (Å²) < 4.78 is 2.02. The first-order chi connectivity index (χ1) is 11.9. The van der Waals surface area contributed by atoms with Crippen LogP contribution in [0.5, 0.6) is 0 Å². The first-order valence-corrected chi connectivity index (χ1v) is 8.21. The van der Waals surface area contributed by atoms with Crippen LogP contribution < -0.4 is 10.2 Å². The summed E-state index contributed by atoms with van der Waals surface area (Å²) in [4.78, 5) is 6.69. The number of aromatic nitrogens is 3. The number of aliphatic imine (C=N–C) groups is 1. The summed E-state index contributed by atoms with van der Waals surface area (Å²) in [6.07, 6.45) is 3.85. The van der Waals surface area contributed by atoms with Gasteiger partial charge in [-0.2, -0.15) is 0 Å². The molecule has 1 aliphatic rings. The Bertz CT molecular complexity index is 882. The first kappa shape index (κ1) is 14.7. The van der Waals surface area contributed by atoms with Gasteiger partial charge in [0, 0.05) is 38.4 Å². The monoisotopic (exact) mass is 320 g/mol. The summed E-state index contributed by atoms with van der Waals surface area (Å²) >= 11 is 0. The molecule has 2 aromatic heterocycles. The maximum absolute atomic E-state index is 4.44. The largest absolute Gasteiger partial charge is 0.355 e. The Kier molecular flexibility index (Phi) is 3.86. The van der Waals surface area contributed by atoms with Gasteiger partial charge in [-0.25, -0.2) is 0 Å². The molecule has 122 valence electrons. The van der Waals surface area contributed by atoms with E-state index in [0.29, 0.717) is 0 Å². The van der Waals surface area contributed by atoms with Crippen molar-refractivity contribution in [2.75, 3.05) is 25.0 Å². The highest BCUT2D eigenvalue weighted by Crippen LogP contribution is 2.27. The maximum Gasteiger partial charge on any atom is 0.198 e. The number of hydrogen-bond donors (Lipinski definition) is 1. The number of guanidine groups is 1. The molecular formula is C18H20N6. The molecule has 4 rings (SSSR count). The highest BCUT2D eigenvalue weighted by Gasteiger charge is 2.22. The zero-order chi connectivity index (χ0) is 16.4. The van der Waals surface area contributed by atoms with Gasteiger partial charge in [0.2, 0.25) is 0 Å². The Morgan fingerprint density at radius 3 is 2.96 bits per heavy atom. The Labute approximate surface area is 140 Å². The lowest BCUT2D eigenvalue weighted by molar-refractivity contribution is 0.782. The molecule has 24 heavy (non-hydrogen) atoms. The van der Waals surface area contributed by atoms with Crippen LogP contribution in [0.1, 0.15) is 11.4 Å². The molecule has 6 heteroatoms. The van der Waals surface area contributed by atoms with Gasteiger partial charge in [0.25, 0.3) is 0 Å². The van der Waals surface area contributed by atoms with Crippen molar-refractivity contribution >= 4 is 17.3 Å². The van der Waals surface area contributed by atoms with Gasteiger partial charge in [-0.3, -0.25) is 9.39 Å². The molecule has 1 aromatic carbocycles. The zero-order valence-electron chi connectivity index (χ0n) is 13.7. The fourth-order valence-corrected chi connectivity index (χ4v) is 3.20. The van der Waals surface area contributed by atoms with Gasteiger partial charge in [-0.1, -0.05) is 24.3 Å².